The molecule has 1 atom stereocenters. The zero-order chi connectivity index (χ0) is 16.9. The summed E-state index contributed by atoms with van der Waals surface area (Å²) in [6, 6.07) is 11.9. The van der Waals surface area contributed by atoms with Crippen LogP contribution in [-0.2, 0) is 4.74 Å². The first-order chi connectivity index (χ1) is 11.6. The Hall–Kier alpha value is -1.95. The van der Waals surface area contributed by atoms with Crippen LogP contribution in [-0.4, -0.2) is 25.2 Å². The van der Waals surface area contributed by atoms with Gasteiger partial charge in [-0.05, 0) is 49.2 Å². The van der Waals surface area contributed by atoms with Gasteiger partial charge in [-0.2, -0.15) is 0 Å². The average Bonchev–Trinajstić information content (AvgIpc) is 3.07. The van der Waals surface area contributed by atoms with E-state index < -0.39 is 0 Å². The fraction of sp³-hybridized carbons (Fsp3) is 0.278. The molecule has 5 nitrogen and oxygen atoms in total. The normalized spacial score (nSPS) is 16.1. The number of carbonyl (C=O) groups is 1. The van der Waals surface area contributed by atoms with Crippen LogP contribution in [0, 0.1) is 0 Å². The lowest BCUT2D eigenvalue weighted by atomic mass is 10.2. The molecule has 3 rings (SSSR count). The van der Waals surface area contributed by atoms with Crippen molar-refractivity contribution in [3.63, 3.8) is 0 Å². The average molecular weight is 383 g/mol. The second-order valence-corrected chi connectivity index (χ2v) is 6.10. The zero-order valence-electron chi connectivity index (χ0n) is 13.5. The zero-order valence-corrected chi connectivity index (χ0v) is 15.1. The topological polar surface area (TPSA) is 73.6 Å². The molecule has 1 aliphatic heterocycles. The van der Waals surface area contributed by atoms with Crippen LogP contribution in [0.4, 0.5) is 11.4 Å². The molecule has 3 N–H and O–H groups in total. The monoisotopic (exact) mass is 382 g/mol. The molecule has 1 fully saturated rings. The Morgan fingerprint density at radius 3 is 2.88 bits per heavy atom. The van der Waals surface area contributed by atoms with Crippen molar-refractivity contribution in [3.05, 3.63) is 53.1 Å². The molecule has 134 valence electrons. The number of hydrogen-bond acceptors (Lipinski definition) is 4. The van der Waals surface area contributed by atoms with Crippen LogP contribution in [0.5, 0.6) is 5.75 Å². The maximum Gasteiger partial charge on any atom is 0.255 e. The summed E-state index contributed by atoms with van der Waals surface area (Å²) in [5.74, 6) is 0.290. The van der Waals surface area contributed by atoms with Crippen LogP contribution < -0.4 is 15.8 Å². The molecule has 0 bridgehead atoms. The van der Waals surface area contributed by atoms with E-state index in [-0.39, 0.29) is 24.4 Å². The Bertz CT molecular complexity index is 734. The van der Waals surface area contributed by atoms with Crippen LogP contribution in [0.3, 0.4) is 0 Å². The molecule has 1 aliphatic rings. The van der Waals surface area contributed by atoms with Gasteiger partial charge in [-0.3, -0.25) is 4.79 Å². The van der Waals surface area contributed by atoms with Crippen molar-refractivity contribution >= 4 is 41.3 Å². The Kier molecular flexibility index (Phi) is 6.93. The van der Waals surface area contributed by atoms with E-state index in [2.05, 4.69) is 5.32 Å². The molecule has 25 heavy (non-hydrogen) atoms. The molecular weight excluding hydrogens is 363 g/mol. The number of nitrogens with two attached hydrogens (primary N) is 1. The Balaban J connectivity index is 0.00000225. The third-order valence-electron chi connectivity index (χ3n) is 3.79. The highest BCUT2D eigenvalue weighted by molar-refractivity contribution is 6.31. The summed E-state index contributed by atoms with van der Waals surface area (Å²) >= 11 is 6.05. The van der Waals surface area contributed by atoms with Crippen LogP contribution in [0.1, 0.15) is 23.2 Å². The molecular formula is C18H20Cl2N2O3. The highest BCUT2D eigenvalue weighted by Gasteiger charge is 2.17. The van der Waals surface area contributed by atoms with Gasteiger partial charge >= 0.3 is 0 Å². The van der Waals surface area contributed by atoms with E-state index in [0.717, 1.165) is 19.4 Å². The van der Waals surface area contributed by atoms with Crippen molar-refractivity contribution in [1.29, 1.82) is 0 Å². The second-order valence-electron chi connectivity index (χ2n) is 5.67. The number of hydrogen-bond donors (Lipinski definition) is 2. The third kappa shape index (κ3) is 5.26. The smallest absolute Gasteiger partial charge is 0.255 e. The number of amides is 1. The number of carbonyl (C=O) groups excluding carboxylic acids is 1. The Morgan fingerprint density at radius 2 is 2.16 bits per heavy atom. The van der Waals surface area contributed by atoms with Gasteiger partial charge in [-0.15, -0.1) is 12.4 Å². The third-order valence-corrected chi connectivity index (χ3v) is 4.02. The highest BCUT2D eigenvalue weighted by atomic mass is 35.5. The minimum Gasteiger partial charge on any atom is -0.489 e. The van der Waals surface area contributed by atoms with Gasteiger partial charge in [0.1, 0.15) is 12.4 Å². The van der Waals surface area contributed by atoms with Gasteiger partial charge in [0, 0.05) is 22.9 Å². The molecule has 0 saturated carbocycles. The first-order valence-electron chi connectivity index (χ1n) is 7.82. The van der Waals surface area contributed by atoms with Crippen molar-refractivity contribution in [1.82, 2.24) is 0 Å². The summed E-state index contributed by atoms with van der Waals surface area (Å²) in [7, 11) is 0. The van der Waals surface area contributed by atoms with E-state index >= 15 is 0 Å². The van der Waals surface area contributed by atoms with E-state index in [1.807, 2.05) is 0 Å². The fourth-order valence-corrected chi connectivity index (χ4v) is 2.73. The summed E-state index contributed by atoms with van der Waals surface area (Å²) in [5.41, 5.74) is 7.25. The minimum atomic E-state index is -0.272. The van der Waals surface area contributed by atoms with Crippen molar-refractivity contribution in [2.45, 2.75) is 18.9 Å². The predicted molar refractivity (Wildman–Crippen MR) is 102 cm³/mol. The van der Waals surface area contributed by atoms with Gasteiger partial charge in [-0.1, -0.05) is 17.7 Å². The first kappa shape index (κ1) is 19.4. The predicted octanol–water partition coefficient (Wildman–Crippen LogP) is 4.15. The number of nitrogen functional groups attached to an aromatic ring is 1. The van der Waals surface area contributed by atoms with E-state index in [9.17, 15) is 4.79 Å². The van der Waals surface area contributed by atoms with Crippen LogP contribution in [0.15, 0.2) is 42.5 Å². The Morgan fingerprint density at radius 1 is 1.32 bits per heavy atom. The summed E-state index contributed by atoms with van der Waals surface area (Å²) in [6.07, 6.45) is 2.13. The van der Waals surface area contributed by atoms with E-state index in [1.165, 1.54) is 0 Å². The van der Waals surface area contributed by atoms with Gasteiger partial charge in [0.25, 0.3) is 5.91 Å². The summed E-state index contributed by atoms with van der Waals surface area (Å²) in [5, 5.41) is 3.34. The summed E-state index contributed by atoms with van der Waals surface area (Å²) < 4.78 is 11.4. The van der Waals surface area contributed by atoms with Crippen LogP contribution in [0.25, 0.3) is 0 Å². The molecule has 0 radical (unpaired) electrons. The molecule has 1 amide bonds. The maximum absolute atomic E-state index is 12.4. The fourth-order valence-electron chi connectivity index (χ4n) is 2.56. The standard InChI is InChI=1S/C18H19ClN2O3.ClH/c19-13-6-7-17(24-11-15-5-2-8-23-15)16(10-13)21-18(22)12-3-1-4-14(20)9-12;/h1,3-4,6-7,9-10,15H,2,5,8,11,20H2,(H,21,22);1H. The molecule has 0 aliphatic carbocycles. The van der Waals surface area contributed by atoms with Gasteiger partial charge in [-0.25, -0.2) is 0 Å². The molecule has 2 aromatic rings. The van der Waals surface area contributed by atoms with Crippen LogP contribution in [0.2, 0.25) is 5.02 Å². The number of rotatable bonds is 5. The van der Waals surface area contributed by atoms with Gasteiger partial charge in [0.05, 0.1) is 11.8 Å². The second kappa shape index (κ2) is 8.94. The van der Waals surface area contributed by atoms with E-state index in [4.69, 9.17) is 26.8 Å². The maximum atomic E-state index is 12.4. The molecule has 0 spiro atoms. The summed E-state index contributed by atoms with van der Waals surface area (Å²) in [6.45, 7) is 1.22. The summed E-state index contributed by atoms with van der Waals surface area (Å²) in [4.78, 5) is 12.4. The van der Waals surface area contributed by atoms with Gasteiger partial charge in [0.15, 0.2) is 0 Å². The minimum absolute atomic E-state index is 0. The molecule has 0 aromatic heterocycles. The molecule has 7 heteroatoms. The largest absolute Gasteiger partial charge is 0.489 e. The van der Waals surface area contributed by atoms with Crippen molar-refractivity contribution < 1.29 is 14.3 Å². The molecule has 1 unspecified atom stereocenters. The lowest BCUT2D eigenvalue weighted by Crippen LogP contribution is -2.18. The van der Waals surface area contributed by atoms with Gasteiger partial charge < -0.3 is 20.5 Å². The molecule has 2 aromatic carbocycles. The van der Waals surface area contributed by atoms with E-state index in [1.54, 1.807) is 42.5 Å². The van der Waals surface area contributed by atoms with Gasteiger partial charge in [0.2, 0.25) is 0 Å². The van der Waals surface area contributed by atoms with E-state index in [0.29, 0.717) is 34.3 Å². The Labute approximate surface area is 157 Å². The lowest BCUT2D eigenvalue weighted by molar-refractivity contribution is 0.0682. The number of nitrogens with one attached hydrogen (secondary N) is 1. The number of benzene rings is 2. The quantitative estimate of drug-likeness (QED) is 0.761. The lowest BCUT2D eigenvalue weighted by Gasteiger charge is -2.15. The number of halogens is 2. The SMILES string of the molecule is Cl.Nc1cccc(C(=O)Nc2cc(Cl)ccc2OCC2CCCO2)c1. The van der Waals surface area contributed by atoms with Crippen molar-refractivity contribution in [2.75, 3.05) is 24.3 Å². The van der Waals surface area contributed by atoms with Crippen molar-refractivity contribution in [2.24, 2.45) is 0 Å². The molecule has 1 heterocycles. The number of anilines is 2. The highest BCUT2D eigenvalue weighted by Crippen LogP contribution is 2.29. The van der Waals surface area contributed by atoms with Crippen LogP contribution >= 0.6 is 24.0 Å². The van der Waals surface area contributed by atoms with Crippen molar-refractivity contribution in [3.8, 4) is 5.75 Å². The first-order valence-corrected chi connectivity index (χ1v) is 8.20. The number of ether oxygens (including phenoxy) is 2. The molecule has 1 saturated heterocycles.